The quantitative estimate of drug-likeness (QED) is 0.889. The third-order valence-corrected chi connectivity index (χ3v) is 5.54. The lowest BCUT2D eigenvalue weighted by molar-refractivity contribution is 0.356. The van der Waals surface area contributed by atoms with Gasteiger partial charge in [-0.2, -0.15) is 11.8 Å². The number of fused-ring (bicyclic) bond motifs is 1. The average Bonchev–Trinajstić information content (AvgIpc) is 3.09. The number of nitrogens with one attached hydrogen (secondary N) is 1. The Morgan fingerprint density at radius 2 is 2.42 bits per heavy atom. The van der Waals surface area contributed by atoms with Crippen LogP contribution in [-0.2, 0) is 6.42 Å². The first-order valence-electron chi connectivity index (χ1n) is 7.47. The molecule has 1 fully saturated rings. The van der Waals surface area contributed by atoms with E-state index < -0.39 is 0 Å². The van der Waals surface area contributed by atoms with Gasteiger partial charge in [0, 0.05) is 24.3 Å². The third kappa shape index (κ3) is 3.09. The SMILES string of the molecule is CCC(NCC1CCCS1)c1ccc2c(c1)CCO2. The maximum atomic E-state index is 5.58. The Balaban J connectivity index is 1.64. The zero-order valence-electron chi connectivity index (χ0n) is 11.7. The van der Waals surface area contributed by atoms with Gasteiger partial charge in [0.2, 0.25) is 0 Å². The molecule has 2 nitrogen and oxygen atoms in total. The van der Waals surface area contributed by atoms with Crippen molar-refractivity contribution in [1.82, 2.24) is 5.32 Å². The molecule has 1 aromatic rings. The lowest BCUT2D eigenvalue weighted by atomic mass is 10.0. The predicted molar refractivity (Wildman–Crippen MR) is 82.2 cm³/mol. The Kier molecular flexibility index (Phi) is 4.34. The first-order valence-corrected chi connectivity index (χ1v) is 8.52. The van der Waals surface area contributed by atoms with Crippen molar-refractivity contribution in [2.75, 3.05) is 18.9 Å². The van der Waals surface area contributed by atoms with Crippen molar-refractivity contribution in [3.8, 4) is 5.75 Å². The zero-order chi connectivity index (χ0) is 13.1. The maximum Gasteiger partial charge on any atom is 0.122 e. The Bertz CT molecular complexity index is 429. The van der Waals surface area contributed by atoms with Crippen molar-refractivity contribution in [1.29, 1.82) is 0 Å². The molecule has 0 aliphatic carbocycles. The van der Waals surface area contributed by atoms with Gasteiger partial charge in [-0.25, -0.2) is 0 Å². The normalized spacial score (nSPS) is 23.1. The fourth-order valence-corrected chi connectivity index (χ4v) is 4.21. The van der Waals surface area contributed by atoms with Crippen LogP contribution in [0.4, 0.5) is 0 Å². The first kappa shape index (κ1) is 13.3. The largest absolute Gasteiger partial charge is 0.493 e. The molecule has 1 saturated heterocycles. The van der Waals surface area contributed by atoms with E-state index in [0.717, 1.165) is 37.0 Å². The molecule has 0 amide bonds. The minimum absolute atomic E-state index is 0.493. The number of thioether (sulfide) groups is 1. The van der Waals surface area contributed by atoms with Crippen LogP contribution >= 0.6 is 11.8 Å². The Hall–Kier alpha value is -0.670. The molecule has 2 atom stereocenters. The molecule has 0 saturated carbocycles. The van der Waals surface area contributed by atoms with Gasteiger partial charge in [0.25, 0.3) is 0 Å². The van der Waals surface area contributed by atoms with Crippen molar-refractivity contribution in [3.05, 3.63) is 29.3 Å². The van der Waals surface area contributed by atoms with Gasteiger partial charge in [0.1, 0.15) is 5.75 Å². The van der Waals surface area contributed by atoms with Gasteiger partial charge in [-0.05, 0) is 42.2 Å². The van der Waals surface area contributed by atoms with E-state index in [1.54, 1.807) is 0 Å². The molecule has 0 bridgehead atoms. The summed E-state index contributed by atoms with van der Waals surface area (Å²) in [6.45, 7) is 4.27. The van der Waals surface area contributed by atoms with Crippen molar-refractivity contribution in [2.45, 2.75) is 43.9 Å². The second-order valence-electron chi connectivity index (χ2n) is 5.47. The lowest BCUT2D eigenvalue weighted by Gasteiger charge is -2.20. The zero-order valence-corrected chi connectivity index (χ0v) is 12.5. The molecule has 2 heterocycles. The summed E-state index contributed by atoms with van der Waals surface area (Å²) < 4.78 is 5.58. The van der Waals surface area contributed by atoms with E-state index in [4.69, 9.17) is 4.74 Å². The number of benzene rings is 1. The number of rotatable bonds is 5. The van der Waals surface area contributed by atoms with E-state index in [9.17, 15) is 0 Å². The second-order valence-corrected chi connectivity index (χ2v) is 6.88. The molecule has 104 valence electrons. The molecule has 0 spiro atoms. The van der Waals surface area contributed by atoms with E-state index in [1.807, 2.05) is 0 Å². The van der Waals surface area contributed by atoms with Crippen molar-refractivity contribution >= 4 is 11.8 Å². The van der Waals surface area contributed by atoms with Crippen molar-refractivity contribution < 1.29 is 4.74 Å². The molecule has 0 aromatic heterocycles. The molecule has 0 radical (unpaired) electrons. The minimum atomic E-state index is 0.493. The molecule has 2 aliphatic rings. The van der Waals surface area contributed by atoms with E-state index in [1.165, 1.54) is 29.7 Å². The minimum Gasteiger partial charge on any atom is -0.493 e. The van der Waals surface area contributed by atoms with Crippen LogP contribution in [0.15, 0.2) is 18.2 Å². The molecule has 1 N–H and O–H groups in total. The topological polar surface area (TPSA) is 21.3 Å². The molecule has 3 rings (SSSR count). The summed E-state index contributed by atoms with van der Waals surface area (Å²) in [7, 11) is 0. The van der Waals surface area contributed by atoms with Crippen LogP contribution in [-0.4, -0.2) is 24.2 Å². The molecule has 3 heteroatoms. The van der Waals surface area contributed by atoms with Crippen LogP contribution in [0.2, 0.25) is 0 Å². The van der Waals surface area contributed by atoms with Crippen LogP contribution in [0.3, 0.4) is 0 Å². The van der Waals surface area contributed by atoms with Gasteiger partial charge >= 0.3 is 0 Å². The van der Waals surface area contributed by atoms with E-state index in [2.05, 4.69) is 42.2 Å². The van der Waals surface area contributed by atoms with Crippen LogP contribution in [0.1, 0.15) is 43.4 Å². The average molecular weight is 277 g/mol. The molecular formula is C16H23NOS. The fraction of sp³-hybridized carbons (Fsp3) is 0.625. The van der Waals surface area contributed by atoms with Crippen molar-refractivity contribution in [3.63, 3.8) is 0 Å². The smallest absolute Gasteiger partial charge is 0.122 e. The van der Waals surface area contributed by atoms with Crippen LogP contribution in [0.5, 0.6) is 5.75 Å². The highest BCUT2D eigenvalue weighted by molar-refractivity contribution is 8.00. The van der Waals surface area contributed by atoms with Gasteiger partial charge in [-0.3, -0.25) is 0 Å². The maximum absolute atomic E-state index is 5.58. The van der Waals surface area contributed by atoms with E-state index in [0.29, 0.717) is 6.04 Å². The summed E-state index contributed by atoms with van der Waals surface area (Å²) in [5.74, 6) is 2.43. The first-order chi connectivity index (χ1) is 9.36. The molecule has 1 aromatic carbocycles. The molecular weight excluding hydrogens is 254 g/mol. The summed E-state index contributed by atoms with van der Waals surface area (Å²) in [6, 6.07) is 7.21. The molecule has 19 heavy (non-hydrogen) atoms. The van der Waals surface area contributed by atoms with Crippen LogP contribution in [0.25, 0.3) is 0 Å². The highest BCUT2D eigenvalue weighted by Crippen LogP contribution is 2.30. The summed E-state index contributed by atoms with van der Waals surface area (Å²) in [6.07, 6.45) is 4.99. The molecule has 2 aliphatic heterocycles. The summed E-state index contributed by atoms with van der Waals surface area (Å²) in [5.41, 5.74) is 2.81. The number of hydrogen-bond acceptors (Lipinski definition) is 3. The highest BCUT2D eigenvalue weighted by atomic mass is 32.2. The number of ether oxygens (including phenoxy) is 1. The Morgan fingerprint density at radius 3 is 3.21 bits per heavy atom. The third-order valence-electron chi connectivity index (χ3n) is 4.14. The van der Waals surface area contributed by atoms with Crippen molar-refractivity contribution in [2.24, 2.45) is 0 Å². The van der Waals surface area contributed by atoms with Crippen LogP contribution < -0.4 is 10.1 Å². The summed E-state index contributed by atoms with van der Waals surface area (Å²) in [4.78, 5) is 0. The fourth-order valence-electron chi connectivity index (χ4n) is 3.00. The summed E-state index contributed by atoms with van der Waals surface area (Å²) in [5, 5.41) is 4.58. The standard InChI is InChI=1S/C16H23NOS/c1-2-15(17-11-14-4-3-9-19-14)12-5-6-16-13(10-12)7-8-18-16/h5-6,10,14-15,17H,2-4,7-9,11H2,1H3. The highest BCUT2D eigenvalue weighted by Gasteiger charge is 2.19. The second kappa shape index (κ2) is 6.19. The predicted octanol–water partition coefficient (Wildman–Crippen LogP) is 3.56. The van der Waals surface area contributed by atoms with Gasteiger partial charge in [-0.1, -0.05) is 19.1 Å². The monoisotopic (exact) mass is 277 g/mol. The molecule has 2 unspecified atom stereocenters. The van der Waals surface area contributed by atoms with Gasteiger partial charge < -0.3 is 10.1 Å². The Morgan fingerprint density at radius 1 is 1.47 bits per heavy atom. The number of hydrogen-bond donors (Lipinski definition) is 1. The summed E-state index contributed by atoms with van der Waals surface area (Å²) >= 11 is 2.13. The Labute approximate surface area is 120 Å². The van der Waals surface area contributed by atoms with Gasteiger partial charge in [-0.15, -0.1) is 0 Å². The van der Waals surface area contributed by atoms with Gasteiger partial charge in [0.05, 0.1) is 6.61 Å². The lowest BCUT2D eigenvalue weighted by Crippen LogP contribution is -2.27. The van der Waals surface area contributed by atoms with E-state index >= 15 is 0 Å². The van der Waals surface area contributed by atoms with E-state index in [-0.39, 0.29) is 0 Å². The van der Waals surface area contributed by atoms with Gasteiger partial charge in [0.15, 0.2) is 0 Å². The van der Waals surface area contributed by atoms with Crippen LogP contribution in [0, 0.1) is 0 Å².